The maximum Gasteiger partial charge on any atom is 0.255 e. The molecule has 2 rings (SSSR count). The van der Waals surface area contributed by atoms with E-state index in [-0.39, 0.29) is 6.61 Å². The van der Waals surface area contributed by atoms with Crippen LogP contribution in [0, 0.1) is 13.8 Å². The second kappa shape index (κ2) is 10.2. The highest BCUT2D eigenvalue weighted by molar-refractivity contribution is 5.79. The van der Waals surface area contributed by atoms with Crippen LogP contribution in [0.2, 0.25) is 0 Å². The Morgan fingerprint density at radius 2 is 2.11 bits per heavy atom. The third-order valence-electron chi connectivity index (χ3n) is 3.91. The molecule has 1 amide bonds. The number of carbonyl (C=O) groups is 1. The van der Waals surface area contributed by atoms with E-state index in [0.29, 0.717) is 12.3 Å². The number of benzene rings is 1. The lowest BCUT2D eigenvalue weighted by Crippen LogP contribution is -2.37. The molecule has 146 valence electrons. The summed E-state index contributed by atoms with van der Waals surface area (Å²) < 4.78 is 7.34. The Morgan fingerprint density at radius 1 is 1.30 bits per heavy atom. The van der Waals surface area contributed by atoms with E-state index in [1.165, 1.54) is 5.69 Å². The van der Waals surface area contributed by atoms with Gasteiger partial charge in [0.15, 0.2) is 12.6 Å². The second-order valence-electron chi connectivity index (χ2n) is 6.26. The van der Waals surface area contributed by atoms with Gasteiger partial charge < -0.3 is 21.1 Å². The smallest absolute Gasteiger partial charge is 0.255 e. The minimum Gasteiger partial charge on any atom is -0.484 e. The number of nitrogens with zero attached hydrogens (tertiary/aromatic N) is 3. The van der Waals surface area contributed by atoms with Crippen LogP contribution < -0.4 is 21.1 Å². The fourth-order valence-electron chi connectivity index (χ4n) is 2.64. The van der Waals surface area contributed by atoms with E-state index in [1.807, 2.05) is 29.8 Å². The van der Waals surface area contributed by atoms with Crippen molar-refractivity contribution >= 4 is 11.9 Å². The van der Waals surface area contributed by atoms with Gasteiger partial charge in [0.25, 0.3) is 5.91 Å². The lowest BCUT2D eigenvalue weighted by molar-refractivity contribution is -0.119. The highest BCUT2D eigenvalue weighted by atomic mass is 16.5. The molecule has 0 aliphatic carbocycles. The van der Waals surface area contributed by atoms with Gasteiger partial charge in [-0.2, -0.15) is 5.10 Å². The minimum atomic E-state index is -0.497. The molecule has 1 aromatic carbocycles. The molecule has 2 aromatic rings. The predicted octanol–water partition coefficient (Wildman–Crippen LogP) is 1.12. The number of amides is 1. The van der Waals surface area contributed by atoms with Crippen LogP contribution in [0.3, 0.4) is 0 Å². The fraction of sp³-hybridized carbons (Fsp3) is 0.421. The zero-order chi connectivity index (χ0) is 19.6. The maximum absolute atomic E-state index is 10.8. The summed E-state index contributed by atoms with van der Waals surface area (Å²) in [4.78, 5) is 15.0. The Kier molecular flexibility index (Phi) is 7.66. The number of rotatable bonds is 9. The first kappa shape index (κ1) is 20.3. The topological polar surface area (TPSA) is 107 Å². The lowest BCUT2D eigenvalue weighted by Gasteiger charge is -2.13. The van der Waals surface area contributed by atoms with Crippen LogP contribution in [0.4, 0.5) is 0 Å². The zero-order valence-electron chi connectivity index (χ0n) is 16.2. The summed E-state index contributed by atoms with van der Waals surface area (Å²) >= 11 is 0. The predicted molar refractivity (Wildman–Crippen MR) is 106 cm³/mol. The summed E-state index contributed by atoms with van der Waals surface area (Å²) in [5, 5.41) is 11.0. The quantitative estimate of drug-likeness (QED) is 0.347. The van der Waals surface area contributed by atoms with Crippen molar-refractivity contribution in [3.05, 3.63) is 47.3 Å². The van der Waals surface area contributed by atoms with E-state index in [0.717, 1.165) is 36.7 Å². The number of aromatic nitrogens is 2. The average molecular weight is 372 g/mol. The summed E-state index contributed by atoms with van der Waals surface area (Å²) in [6.45, 7) is 6.18. The van der Waals surface area contributed by atoms with Crippen molar-refractivity contribution < 1.29 is 9.53 Å². The number of nitrogens with one attached hydrogen (secondary N) is 2. The van der Waals surface area contributed by atoms with Crippen LogP contribution in [0.5, 0.6) is 5.75 Å². The monoisotopic (exact) mass is 372 g/mol. The number of hydrogen-bond donors (Lipinski definition) is 3. The van der Waals surface area contributed by atoms with E-state index >= 15 is 0 Å². The van der Waals surface area contributed by atoms with Crippen molar-refractivity contribution in [1.29, 1.82) is 0 Å². The van der Waals surface area contributed by atoms with Gasteiger partial charge in [0, 0.05) is 32.4 Å². The highest BCUT2D eigenvalue weighted by Gasteiger charge is 2.03. The number of aliphatic imine (C=N–C) groups is 1. The first-order chi connectivity index (χ1) is 13.0. The van der Waals surface area contributed by atoms with E-state index in [9.17, 15) is 4.79 Å². The third-order valence-corrected chi connectivity index (χ3v) is 3.91. The number of ether oxygens (including phenoxy) is 1. The molecule has 0 bridgehead atoms. The van der Waals surface area contributed by atoms with E-state index < -0.39 is 5.91 Å². The van der Waals surface area contributed by atoms with Crippen molar-refractivity contribution in [1.82, 2.24) is 20.4 Å². The van der Waals surface area contributed by atoms with Crippen molar-refractivity contribution in [2.75, 3.05) is 20.2 Å². The highest BCUT2D eigenvalue weighted by Crippen LogP contribution is 2.13. The van der Waals surface area contributed by atoms with Gasteiger partial charge in [-0.3, -0.25) is 14.5 Å². The molecule has 0 saturated carbocycles. The molecule has 8 nitrogen and oxygen atoms in total. The number of guanidine groups is 1. The lowest BCUT2D eigenvalue weighted by atomic mass is 10.2. The van der Waals surface area contributed by atoms with Crippen molar-refractivity contribution in [2.45, 2.75) is 33.4 Å². The summed E-state index contributed by atoms with van der Waals surface area (Å²) in [5.41, 5.74) is 8.33. The number of hydrogen-bond acceptors (Lipinski definition) is 4. The van der Waals surface area contributed by atoms with E-state index in [2.05, 4.69) is 33.7 Å². The Bertz CT molecular complexity index is 784. The second-order valence-corrected chi connectivity index (χ2v) is 6.26. The van der Waals surface area contributed by atoms with Gasteiger partial charge in [-0.1, -0.05) is 12.1 Å². The molecule has 4 N–H and O–H groups in total. The molecule has 0 aliphatic heterocycles. The summed E-state index contributed by atoms with van der Waals surface area (Å²) in [6, 6.07) is 9.58. The van der Waals surface area contributed by atoms with Gasteiger partial charge in [-0.25, -0.2) is 0 Å². The standard InChI is InChI=1S/C19H28N6O2/c1-14-10-15(2)25(24-14)9-5-8-22-19(21-3)23-12-16-6-4-7-17(11-16)27-13-18(20)26/h4,6-7,10-11H,5,8-9,12-13H2,1-3H3,(H2,20,26)(H2,21,22,23). The van der Waals surface area contributed by atoms with Gasteiger partial charge >= 0.3 is 0 Å². The number of nitrogens with two attached hydrogens (primary N) is 1. The van der Waals surface area contributed by atoms with E-state index in [4.69, 9.17) is 10.5 Å². The Balaban J connectivity index is 1.74. The number of carbonyl (C=O) groups excluding carboxylic acids is 1. The normalized spacial score (nSPS) is 11.3. The van der Waals surface area contributed by atoms with Gasteiger partial charge in [0.2, 0.25) is 0 Å². The van der Waals surface area contributed by atoms with Crippen LogP contribution in [-0.4, -0.2) is 41.8 Å². The molecule has 0 aliphatic rings. The van der Waals surface area contributed by atoms with Crippen LogP contribution >= 0.6 is 0 Å². The first-order valence-electron chi connectivity index (χ1n) is 8.93. The van der Waals surface area contributed by atoms with Crippen molar-refractivity contribution in [3.63, 3.8) is 0 Å². The molecule has 0 unspecified atom stereocenters. The van der Waals surface area contributed by atoms with E-state index in [1.54, 1.807) is 13.1 Å². The van der Waals surface area contributed by atoms with Crippen LogP contribution in [0.15, 0.2) is 35.3 Å². The Morgan fingerprint density at radius 3 is 2.78 bits per heavy atom. The average Bonchev–Trinajstić information content (AvgIpc) is 2.97. The van der Waals surface area contributed by atoms with Gasteiger partial charge in [0.05, 0.1) is 5.69 Å². The minimum absolute atomic E-state index is 0.130. The van der Waals surface area contributed by atoms with Crippen molar-refractivity contribution in [3.8, 4) is 5.75 Å². The molecule has 1 heterocycles. The third kappa shape index (κ3) is 7.01. The molecule has 0 atom stereocenters. The molecular weight excluding hydrogens is 344 g/mol. The van der Waals surface area contributed by atoms with Crippen molar-refractivity contribution in [2.24, 2.45) is 10.7 Å². The maximum atomic E-state index is 10.8. The largest absolute Gasteiger partial charge is 0.484 e. The molecule has 0 saturated heterocycles. The molecule has 0 fully saturated rings. The molecule has 0 radical (unpaired) electrons. The molecule has 1 aromatic heterocycles. The van der Waals surface area contributed by atoms with Gasteiger partial charge in [0.1, 0.15) is 5.75 Å². The summed E-state index contributed by atoms with van der Waals surface area (Å²) in [6.07, 6.45) is 0.944. The molecular formula is C19H28N6O2. The fourth-order valence-corrected chi connectivity index (χ4v) is 2.64. The molecule has 27 heavy (non-hydrogen) atoms. The van der Waals surface area contributed by atoms with Crippen LogP contribution in [0.25, 0.3) is 0 Å². The number of primary amides is 1. The first-order valence-corrected chi connectivity index (χ1v) is 8.93. The van der Waals surface area contributed by atoms with Gasteiger partial charge in [-0.15, -0.1) is 0 Å². The molecule has 8 heteroatoms. The number of aryl methyl sites for hydroxylation is 3. The van der Waals surface area contributed by atoms with Crippen LogP contribution in [0.1, 0.15) is 23.4 Å². The Hall–Kier alpha value is -3.03. The summed E-state index contributed by atoms with van der Waals surface area (Å²) in [7, 11) is 1.74. The summed E-state index contributed by atoms with van der Waals surface area (Å²) in [5.74, 6) is 0.844. The van der Waals surface area contributed by atoms with Crippen LogP contribution in [-0.2, 0) is 17.9 Å². The SMILES string of the molecule is CN=C(NCCCn1nc(C)cc1C)NCc1cccc(OCC(N)=O)c1. The Labute approximate surface area is 159 Å². The molecule has 0 spiro atoms. The van der Waals surface area contributed by atoms with Gasteiger partial charge in [-0.05, 0) is 44.0 Å². The zero-order valence-corrected chi connectivity index (χ0v) is 16.2.